The molecule has 0 aromatic carbocycles. The highest BCUT2D eigenvalue weighted by Gasteiger charge is 2.27. The molecule has 0 radical (unpaired) electrons. The van der Waals surface area contributed by atoms with Crippen LogP contribution in [0.4, 0.5) is 15.0 Å². The lowest BCUT2D eigenvalue weighted by Crippen LogP contribution is -2.54. The summed E-state index contributed by atoms with van der Waals surface area (Å²) in [6.07, 6.45) is 3.58. The number of amides is 2. The number of rotatable bonds is 3. The average molecular weight is 336 g/mol. The highest BCUT2D eigenvalue weighted by molar-refractivity contribution is 5.74. The third-order valence-corrected chi connectivity index (χ3v) is 4.93. The lowest BCUT2D eigenvalue weighted by molar-refractivity contribution is 0.0562. The molecule has 2 fully saturated rings. The molecule has 1 N–H and O–H groups in total. The lowest BCUT2D eigenvalue weighted by Gasteiger charge is -2.37. The maximum atomic E-state index is 13.8. The van der Waals surface area contributed by atoms with E-state index in [1.54, 1.807) is 17.2 Å². The summed E-state index contributed by atoms with van der Waals surface area (Å²) in [4.78, 5) is 20.2. The van der Waals surface area contributed by atoms with E-state index in [0.29, 0.717) is 37.9 Å². The molecule has 1 atom stereocenters. The second-order valence-corrected chi connectivity index (χ2v) is 6.47. The molecule has 6 nitrogen and oxygen atoms in total. The van der Waals surface area contributed by atoms with Gasteiger partial charge in [-0.2, -0.15) is 0 Å². The van der Waals surface area contributed by atoms with Gasteiger partial charge in [-0.15, -0.1) is 0 Å². The Morgan fingerprint density at radius 1 is 1.33 bits per heavy atom. The topological polar surface area (TPSA) is 57.7 Å². The van der Waals surface area contributed by atoms with E-state index in [4.69, 9.17) is 4.74 Å². The number of urea groups is 1. The van der Waals surface area contributed by atoms with Crippen LogP contribution in [0, 0.1) is 11.7 Å². The van der Waals surface area contributed by atoms with E-state index in [1.807, 2.05) is 4.90 Å². The number of piperazine rings is 1. The molecule has 24 heavy (non-hydrogen) atoms. The van der Waals surface area contributed by atoms with Crippen molar-refractivity contribution in [2.75, 3.05) is 44.3 Å². The van der Waals surface area contributed by atoms with E-state index in [0.717, 1.165) is 26.1 Å². The van der Waals surface area contributed by atoms with Crippen molar-refractivity contribution in [2.45, 2.75) is 25.8 Å². The summed E-state index contributed by atoms with van der Waals surface area (Å²) in [7, 11) is 0. The fourth-order valence-corrected chi connectivity index (χ4v) is 3.35. The van der Waals surface area contributed by atoms with Crippen LogP contribution in [-0.4, -0.2) is 61.3 Å². The van der Waals surface area contributed by atoms with Crippen LogP contribution < -0.4 is 10.2 Å². The maximum absolute atomic E-state index is 13.8. The van der Waals surface area contributed by atoms with Crippen LogP contribution in [0.1, 0.15) is 19.8 Å². The van der Waals surface area contributed by atoms with Crippen molar-refractivity contribution in [3.05, 3.63) is 24.1 Å². The van der Waals surface area contributed by atoms with Gasteiger partial charge < -0.3 is 19.9 Å². The Hall–Kier alpha value is -1.89. The molecule has 0 aliphatic carbocycles. The van der Waals surface area contributed by atoms with Crippen molar-refractivity contribution in [2.24, 2.45) is 5.92 Å². The van der Waals surface area contributed by atoms with Crippen LogP contribution in [0.25, 0.3) is 0 Å². The van der Waals surface area contributed by atoms with E-state index in [9.17, 15) is 9.18 Å². The zero-order valence-corrected chi connectivity index (χ0v) is 14.1. The zero-order chi connectivity index (χ0) is 16.9. The fraction of sp³-hybridized carbons (Fsp3) is 0.647. The Balaban J connectivity index is 1.49. The number of hydrogen-bond acceptors (Lipinski definition) is 4. The Morgan fingerprint density at radius 2 is 2.04 bits per heavy atom. The van der Waals surface area contributed by atoms with Gasteiger partial charge in [0.2, 0.25) is 0 Å². The normalized spacial score (nSPS) is 20.8. The van der Waals surface area contributed by atoms with Crippen molar-refractivity contribution < 1.29 is 13.9 Å². The number of carbonyl (C=O) groups is 1. The molecule has 2 aliphatic rings. The summed E-state index contributed by atoms with van der Waals surface area (Å²) < 4.78 is 19.2. The van der Waals surface area contributed by atoms with Gasteiger partial charge in [-0.05, 0) is 37.8 Å². The van der Waals surface area contributed by atoms with Crippen molar-refractivity contribution in [3.8, 4) is 0 Å². The minimum absolute atomic E-state index is 0.0323. The number of nitrogens with one attached hydrogen (secondary N) is 1. The quantitative estimate of drug-likeness (QED) is 0.915. The molecule has 2 saturated heterocycles. The molecule has 3 heterocycles. The van der Waals surface area contributed by atoms with Gasteiger partial charge in [-0.1, -0.05) is 0 Å². The van der Waals surface area contributed by atoms with Crippen molar-refractivity contribution in [1.82, 2.24) is 15.2 Å². The van der Waals surface area contributed by atoms with Crippen LogP contribution in [-0.2, 0) is 4.74 Å². The van der Waals surface area contributed by atoms with Gasteiger partial charge in [0.15, 0.2) is 11.6 Å². The maximum Gasteiger partial charge on any atom is 0.317 e. The Labute approximate surface area is 142 Å². The first kappa shape index (κ1) is 17.0. The molecular formula is C17H25FN4O2. The lowest BCUT2D eigenvalue weighted by atomic mass is 9.93. The van der Waals surface area contributed by atoms with E-state index in [2.05, 4.69) is 17.2 Å². The highest BCUT2D eigenvalue weighted by Crippen LogP contribution is 2.20. The molecule has 2 aliphatic heterocycles. The van der Waals surface area contributed by atoms with Crippen molar-refractivity contribution in [3.63, 3.8) is 0 Å². The van der Waals surface area contributed by atoms with Gasteiger partial charge in [-0.25, -0.2) is 14.2 Å². The van der Waals surface area contributed by atoms with Gasteiger partial charge in [-0.3, -0.25) is 0 Å². The first-order valence-corrected chi connectivity index (χ1v) is 8.64. The monoisotopic (exact) mass is 336 g/mol. The number of anilines is 1. The Kier molecular flexibility index (Phi) is 5.50. The number of aromatic nitrogens is 1. The number of pyridine rings is 1. The van der Waals surface area contributed by atoms with E-state index in [-0.39, 0.29) is 17.9 Å². The summed E-state index contributed by atoms with van der Waals surface area (Å²) in [6, 6.07) is 3.11. The summed E-state index contributed by atoms with van der Waals surface area (Å²) >= 11 is 0. The minimum Gasteiger partial charge on any atom is -0.381 e. The molecule has 132 valence electrons. The molecule has 2 amide bonds. The van der Waals surface area contributed by atoms with Crippen LogP contribution in [0.3, 0.4) is 0 Å². The molecule has 7 heteroatoms. The number of ether oxygens (including phenoxy) is 1. The van der Waals surface area contributed by atoms with Crippen molar-refractivity contribution in [1.29, 1.82) is 0 Å². The van der Waals surface area contributed by atoms with Crippen LogP contribution >= 0.6 is 0 Å². The number of carbonyl (C=O) groups excluding carboxylic acids is 1. The Bertz CT molecular complexity index is 557. The number of nitrogens with zero attached hydrogens (tertiary/aromatic N) is 3. The first-order chi connectivity index (χ1) is 11.6. The smallest absolute Gasteiger partial charge is 0.317 e. The molecule has 1 aromatic heterocycles. The predicted molar refractivity (Wildman–Crippen MR) is 89.5 cm³/mol. The zero-order valence-electron chi connectivity index (χ0n) is 14.1. The highest BCUT2D eigenvalue weighted by atomic mass is 19.1. The SMILES string of the molecule is CC(NC(=O)N1CCN(c2ncccc2F)CC1)C1CCOCC1. The van der Waals surface area contributed by atoms with Gasteiger partial charge in [0.1, 0.15) is 0 Å². The molecule has 3 rings (SSSR count). The number of hydrogen-bond donors (Lipinski definition) is 1. The molecule has 1 unspecified atom stereocenters. The minimum atomic E-state index is -0.316. The summed E-state index contributed by atoms with van der Waals surface area (Å²) in [5, 5.41) is 3.11. The van der Waals surface area contributed by atoms with Crippen molar-refractivity contribution >= 4 is 11.8 Å². The number of halogens is 1. The third kappa shape index (κ3) is 3.95. The van der Waals surface area contributed by atoms with Crippen LogP contribution in [0.5, 0.6) is 0 Å². The van der Waals surface area contributed by atoms with Gasteiger partial charge in [0, 0.05) is 51.6 Å². The standard InChI is InChI=1S/C17H25FN4O2/c1-13(14-4-11-24-12-5-14)20-17(23)22-9-7-21(8-10-22)16-15(18)3-2-6-19-16/h2-3,6,13-14H,4-5,7-12H2,1H3,(H,20,23). The fourth-order valence-electron chi connectivity index (χ4n) is 3.35. The third-order valence-electron chi connectivity index (χ3n) is 4.93. The van der Waals surface area contributed by atoms with E-state index < -0.39 is 0 Å². The predicted octanol–water partition coefficient (Wildman–Crippen LogP) is 1.87. The summed E-state index contributed by atoms with van der Waals surface area (Å²) in [6.45, 7) is 5.94. The molecule has 0 bridgehead atoms. The summed E-state index contributed by atoms with van der Waals surface area (Å²) in [5.41, 5.74) is 0. The van der Waals surface area contributed by atoms with E-state index >= 15 is 0 Å². The average Bonchev–Trinajstić information content (AvgIpc) is 2.63. The largest absolute Gasteiger partial charge is 0.381 e. The summed E-state index contributed by atoms with van der Waals surface area (Å²) in [5.74, 6) is 0.531. The van der Waals surface area contributed by atoms with Gasteiger partial charge >= 0.3 is 6.03 Å². The van der Waals surface area contributed by atoms with E-state index in [1.165, 1.54) is 6.07 Å². The Morgan fingerprint density at radius 3 is 2.71 bits per heavy atom. The molecule has 0 saturated carbocycles. The van der Waals surface area contributed by atoms with Gasteiger partial charge in [0.05, 0.1) is 0 Å². The van der Waals surface area contributed by atoms with Crippen LogP contribution in [0.2, 0.25) is 0 Å². The van der Waals surface area contributed by atoms with Gasteiger partial charge in [0.25, 0.3) is 0 Å². The second kappa shape index (κ2) is 7.79. The van der Waals surface area contributed by atoms with Crippen LogP contribution in [0.15, 0.2) is 18.3 Å². The second-order valence-electron chi connectivity index (χ2n) is 6.47. The molecular weight excluding hydrogens is 311 g/mol. The molecule has 1 aromatic rings. The molecule has 0 spiro atoms. The first-order valence-electron chi connectivity index (χ1n) is 8.64.